The summed E-state index contributed by atoms with van der Waals surface area (Å²) < 4.78 is 33.8. The summed E-state index contributed by atoms with van der Waals surface area (Å²) in [6.45, 7) is 3.56. The molecule has 0 heterocycles. The number of aldehydes is 1. The number of benzene rings is 2. The van der Waals surface area contributed by atoms with E-state index in [1.54, 1.807) is 32.0 Å². The Morgan fingerprint density at radius 1 is 1.17 bits per heavy atom. The van der Waals surface area contributed by atoms with Crippen LogP contribution in [0.15, 0.2) is 30.3 Å². The van der Waals surface area contributed by atoms with Gasteiger partial charge in [0.2, 0.25) is 0 Å². The van der Waals surface area contributed by atoms with Crippen LogP contribution < -0.4 is 4.74 Å². The minimum absolute atomic E-state index is 0.0290. The molecule has 1 fully saturated rings. The van der Waals surface area contributed by atoms with E-state index in [1.807, 2.05) is 0 Å². The summed E-state index contributed by atoms with van der Waals surface area (Å²) in [5, 5.41) is 0. The number of carbonyl (C=O) groups excluding carboxylic acids is 1. The van der Waals surface area contributed by atoms with E-state index in [1.165, 1.54) is 12.1 Å². The molecule has 0 amide bonds. The second kappa shape index (κ2) is 6.11. The van der Waals surface area contributed by atoms with Gasteiger partial charge in [-0.3, -0.25) is 4.79 Å². The van der Waals surface area contributed by atoms with Gasteiger partial charge < -0.3 is 4.74 Å². The van der Waals surface area contributed by atoms with Gasteiger partial charge in [-0.2, -0.15) is 0 Å². The minimum Gasteiger partial charge on any atom is -0.487 e. The summed E-state index contributed by atoms with van der Waals surface area (Å²) in [5.41, 5.74) is 2.03. The summed E-state index contributed by atoms with van der Waals surface area (Å²) in [5.74, 6) is -0.697. The van der Waals surface area contributed by atoms with Crippen LogP contribution in [0.25, 0.3) is 11.1 Å². The van der Waals surface area contributed by atoms with Gasteiger partial charge in [0.15, 0.2) is 17.9 Å². The fourth-order valence-corrected chi connectivity index (χ4v) is 2.74. The van der Waals surface area contributed by atoms with Crippen LogP contribution in [0.2, 0.25) is 0 Å². The predicted molar refractivity (Wildman–Crippen MR) is 84.9 cm³/mol. The van der Waals surface area contributed by atoms with Crippen LogP contribution in [0.5, 0.6) is 5.75 Å². The van der Waals surface area contributed by atoms with Crippen molar-refractivity contribution in [1.29, 1.82) is 0 Å². The van der Waals surface area contributed by atoms with Crippen LogP contribution in [-0.2, 0) is 0 Å². The molecule has 1 aliphatic rings. The maximum absolute atomic E-state index is 15.1. The molecule has 0 N–H and O–H groups in total. The zero-order valence-electron chi connectivity index (χ0n) is 13.1. The summed E-state index contributed by atoms with van der Waals surface area (Å²) in [6.07, 6.45) is 2.31. The van der Waals surface area contributed by atoms with Crippen LogP contribution in [0, 0.1) is 11.6 Å². The fraction of sp³-hybridized carbons (Fsp3) is 0.316. The third-order valence-corrected chi connectivity index (χ3v) is 3.91. The zero-order valence-corrected chi connectivity index (χ0v) is 13.1. The molecule has 0 saturated heterocycles. The lowest BCUT2D eigenvalue weighted by atomic mass is 9.93. The van der Waals surface area contributed by atoms with Crippen molar-refractivity contribution in [3.63, 3.8) is 0 Å². The van der Waals surface area contributed by atoms with Crippen molar-refractivity contribution in [1.82, 2.24) is 0 Å². The van der Waals surface area contributed by atoms with Crippen LogP contribution >= 0.6 is 0 Å². The Morgan fingerprint density at radius 2 is 1.83 bits per heavy atom. The lowest BCUT2D eigenvalue weighted by molar-refractivity contribution is 0.111. The highest BCUT2D eigenvalue weighted by Gasteiger charge is 2.31. The highest BCUT2D eigenvalue weighted by Crippen LogP contribution is 2.47. The normalized spacial score (nSPS) is 14.1. The van der Waals surface area contributed by atoms with Gasteiger partial charge in [-0.1, -0.05) is 12.1 Å². The highest BCUT2D eigenvalue weighted by molar-refractivity contribution is 5.84. The van der Waals surface area contributed by atoms with Crippen LogP contribution in [0.1, 0.15) is 48.5 Å². The maximum atomic E-state index is 15.1. The third-order valence-electron chi connectivity index (χ3n) is 3.91. The maximum Gasteiger partial charge on any atom is 0.173 e. The van der Waals surface area contributed by atoms with Gasteiger partial charge in [0.1, 0.15) is 5.82 Å². The quantitative estimate of drug-likeness (QED) is 0.717. The summed E-state index contributed by atoms with van der Waals surface area (Å²) in [4.78, 5) is 11.4. The zero-order chi connectivity index (χ0) is 16.6. The summed E-state index contributed by atoms with van der Waals surface area (Å²) in [6, 6.07) is 7.44. The van der Waals surface area contributed by atoms with Crippen molar-refractivity contribution in [2.45, 2.75) is 38.7 Å². The average Bonchev–Trinajstić information content (AvgIpc) is 3.34. The van der Waals surface area contributed by atoms with Crippen molar-refractivity contribution in [3.8, 4) is 16.9 Å². The number of hydrogen-bond donors (Lipinski definition) is 0. The van der Waals surface area contributed by atoms with E-state index < -0.39 is 5.82 Å². The van der Waals surface area contributed by atoms with Gasteiger partial charge in [-0.05, 0) is 61.9 Å². The standard InChI is InChI=1S/C19H18F2O2/c1-11(2)23-19-14(10-22)9-16(12-3-4-12)17(18(19)21)13-5-7-15(20)8-6-13/h5-12H,3-4H2,1-2H3. The van der Waals surface area contributed by atoms with Gasteiger partial charge in [-0.25, -0.2) is 8.78 Å². The van der Waals surface area contributed by atoms with E-state index in [0.29, 0.717) is 17.4 Å². The first-order chi connectivity index (χ1) is 11.0. The average molecular weight is 316 g/mol. The predicted octanol–water partition coefficient (Wildman–Crippen LogP) is 5.11. The Kier molecular flexibility index (Phi) is 4.16. The van der Waals surface area contributed by atoms with E-state index in [9.17, 15) is 9.18 Å². The Bertz CT molecular complexity index is 732. The smallest absolute Gasteiger partial charge is 0.173 e. The Morgan fingerprint density at radius 3 is 2.35 bits per heavy atom. The second-order valence-corrected chi connectivity index (χ2v) is 6.14. The Hall–Kier alpha value is -2.23. The monoisotopic (exact) mass is 316 g/mol. The molecule has 2 aromatic rings. The van der Waals surface area contributed by atoms with E-state index in [-0.39, 0.29) is 29.2 Å². The molecular formula is C19H18F2O2. The lowest BCUT2D eigenvalue weighted by Crippen LogP contribution is -2.11. The topological polar surface area (TPSA) is 26.3 Å². The molecule has 0 aliphatic heterocycles. The number of rotatable bonds is 5. The van der Waals surface area contributed by atoms with E-state index in [2.05, 4.69) is 0 Å². The molecule has 1 aliphatic carbocycles. The molecule has 1 saturated carbocycles. The van der Waals surface area contributed by atoms with Crippen molar-refractivity contribution >= 4 is 6.29 Å². The van der Waals surface area contributed by atoms with Gasteiger partial charge in [-0.15, -0.1) is 0 Å². The molecule has 2 nitrogen and oxygen atoms in total. The molecule has 0 aromatic heterocycles. The molecule has 120 valence electrons. The van der Waals surface area contributed by atoms with Gasteiger partial charge >= 0.3 is 0 Å². The van der Waals surface area contributed by atoms with Crippen LogP contribution in [0.4, 0.5) is 8.78 Å². The SMILES string of the molecule is CC(C)Oc1c(C=O)cc(C2CC2)c(-c2ccc(F)cc2)c1F. The van der Waals surface area contributed by atoms with Gasteiger partial charge in [0.25, 0.3) is 0 Å². The van der Waals surface area contributed by atoms with E-state index in [4.69, 9.17) is 4.74 Å². The van der Waals surface area contributed by atoms with E-state index in [0.717, 1.165) is 18.4 Å². The third kappa shape index (κ3) is 3.11. The summed E-state index contributed by atoms with van der Waals surface area (Å²) >= 11 is 0. The number of hydrogen-bond acceptors (Lipinski definition) is 2. The largest absolute Gasteiger partial charge is 0.487 e. The number of halogens is 2. The summed E-state index contributed by atoms with van der Waals surface area (Å²) in [7, 11) is 0. The molecule has 0 radical (unpaired) electrons. The highest BCUT2D eigenvalue weighted by atomic mass is 19.1. The molecule has 2 aromatic carbocycles. The molecule has 0 atom stereocenters. The van der Waals surface area contributed by atoms with Crippen molar-refractivity contribution in [2.24, 2.45) is 0 Å². The van der Waals surface area contributed by atoms with Gasteiger partial charge in [0.05, 0.1) is 11.7 Å². The van der Waals surface area contributed by atoms with Gasteiger partial charge in [0, 0.05) is 5.56 Å². The first kappa shape index (κ1) is 15.7. The Balaban J connectivity index is 2.22. The second-order valence-electron chi connectivity index (χ2n) is 6.14. The molecule has 3 rings (SSSR count). The first-order valence-corrected chi connectivity index (χ1v) is 7.75. The lowest BCUT2D eigenvalue weighted by Gasteiger charge is -2.18. The fourth-order valence-electron chi connectivity index (χ4n) is 2.74. The van der Waals surface area contributed by atoms with Crippen LogP contribution in [0.3, 0.4) is 0 Å². The van der Waals surface area contributed by atoms with Crippen molar-refractivity contribution in [3.05, 3.63) is 53.1 Å². The van der Waals surface area contributed by atoms with Crippen LogP contribution in [-0.4, -0.2) is 12.4 Å². The Labute approximate surface area is 134 Å². The van der Waals surface area contributed by atoms with Crippen molar-refractivity contribution in [2.75, 3.05) is 0 Å². The molecule has 0 spiro atoms. The van der Waals surface area contributed by atoms with Crippen molar-refractivity contribution < 1.29 is 18.3 Å². The number of ether oxygens (including phenoxy) is 1. The molecule has 23 heavy (non-hydrogen) atoms. The molecule has 0 unspecified atom stereocenters. The molecular weight excluding hydrogens is 298 g/mol. The molecule has 4 heteroatoms. The first-order valence-electron chi connectivity index (χ1n) is 7.75. The number of carbonyl (C=O) groups is 1. The van der Waals surface area contributed by atoms with E-state index >= 15 is 4.39 Å². The molecule has 0 bridgehead atoms. The minimum atomic E-state index is -0.545.